The third-order valence-electron chi connectivity index (χ3n) is 2.75. The van der Waals surface area contributed by atoms with Crippen molar-refractivity contribution in [3.8, 4) is 0 Å². The second kappa shape index (κ2) is 2.10. The van der Waals surface area contributed by atoms with Gasteiger partial charge in [0.1, 0.15) is 12.2 Å². The number of ether oxygens (including phenoxy) is 1. The second-order valence-electron chi connectivity index (χ2n) is 3.80. The first-order valence-electron chi connectivity index (χ1n) is 4.10. The van der Waals surface area contributed by atoms with E-state index < -0.39 is 11.6 Å². The van der Waals surface area contributed by atoms with E-state index in [2.05, 4.69) is 6.58 Å². The van der Waals surface area contributed by atoms with Crippen molar-refractivity contribution < 1.29 is 14.6 Å². The summed E-state index contributed by atoms with van der Waals surface area (Å²) in [4.78, 5) is 10.9. The molecule has 2 saturated carbocycles. The van der Waals surface area contributed by atoms with Gasteiger partial charge in [-0.2, -0.15) is 0 Å². The van der Waals surface area contributed by atoms with Gasteiger partial charge in [-0.3, -0.25) is 0 Å². The first-order chi connectivity index (χ1) is 5.55. The van der Waals surface area contributed by atoms with E-state index in [9.17, 15) is 9.90 Å². The number of esters is 1. The van der Waals surface area contributed by atoms with Crippen molar-refractivity contribution >= 4 is 5.97 Å². The van der Waals surface area contributed by atoms with Crippen molar-refractivity contribution in [2.45, 2.75) is 18.9 Å². The maximum absolute atomic E-state index is 10.9. The summed E-state index contributed by atoms with van der Waals surface area (Å²) < 4.78 is 4.84. The average molecular weight is 168 g/mol. The minimum absolute atomic E-state index is 0.147. The van der Waals surface area contributed by atoms with E-state index in [4.69, 9.17) is 4.74 Å². The summed E-state index contributed by atoms with van der Waals surface area (Å²) >= 11 is 0. The summed E-state index contributed by atoms with van der Waals surface area (Å²) in [5, 5.41) is 9.57. The largest absolute Gasteiger partial charge is 0.459 e. The van der Waals surface area contributed by atoms with Crippen molar-refractivity contribution in [1.29, 1.82) is 0 Å². The SMILES string of the molecule is C=C(C)C(=O)OCC1(O)C2CC21. The topological polar surface area (TPSA) is 46.5 Å². The molecule has 2 aliphatic carbocycles. The van der Waals surface area contributed by atoms with Gasteiger partial charge in [-0.25, -0.2) is 4.79 Å². The molecule has 0 aromatic heterocycles. The van der Waals surface area contributed by atoms with E-state index in [1.807, 2.05) is 0 Å². The molecule has 2 aliphatic rings. The van der Waals surface area contributed by atoms with E-state index in [-0.39, 0.29) is 6.61 Å². The molecule has 0 radical (unpaired) electrons. The number of carbonyl (C=O) groups is 1. The first-order valence-corrected chi connectivity index (χ1v) is 4.10. The summed E-state index contributed by atoms with van der Waals surface area (Å²) in [7, 11) is 0. The van der Waals surface area contributed by atoms with Crippen molar-refractivity contribution in [3.63, 3.8) is 0 Å². The average Bonchev–Trinajstić information content (AvgIpc) is 2.86. The van der Waals surface area contributed by atoms with Crippen LogP contribution >= 0.6 is 0 Å². The van der Waals surface area contributed by atoms with E-state index in [1.165, 1.54) is 0 Å². The lowest BCUT2D eigenvalue weighted by Gasteiger charge is -2.14. The Morgan fingerprint density at radius 3 is 2.67 bits per heavy atom. The van der Waals surface area contributed by atoms with Gasteiger partial charge in [0.05, 0.1) is 0 Å². The molecule has 2 unspecified atom stereocenters. The zero-order valence-corrected chi connectivity index (χ0v) is 7.04. The van der Waals surface area contributed by atoms with Crippen LogP contribution in [0.5, 0.6) is 0 Å². The van der Waals surface area contributed by atoms with E-state index in [1.54, 1.807) is 6.92 Å². The predicted octanol–water partition coefficient (Wildman–Crippen LogP) is 0.486. The number of carbonyl (C=O) groups excluding carboxylic acids is 1. The minimum Gasteiger partial charge on any atom is -0.459 e. The fraction of sp³-hybridized carbons (Fsp3) is 0.667. The molecule has 2 rings (SSSR count). The van der Waals surface area contributed by atoms with E-state index >= 15 is 0 Å². The summed E-state index contributed by atoms with van der Waals surface area (Å²) in [6, 6.07) is 0. The molecule has 0 amide bonds. The smallest absolute Gasteiger partial charge is 0.333 e. The monoisotopic (exact) mass is 168 g/mol. The Balaban J connectivity index is 1.76. The van der Waals surface area contributed by atoms with Crippen molar-refractivity contribution in [2.24, 2.45) is 11.8 Å². The molecule has 3 nitrogen and oxygen atoms in total. The molecule has 0 spiro atoms. The van der Waals surface area contributed by atoms with E-state index in [0.29, 0.717) is 17.4 Å². The molecule has 2 fully saturated rings. The van der Waals surface area contributed by atoms with Crippen LogP contribution in [0.2, 0.25) is 0 Å². The maximum atomic E-state index is 10.9. The Hall–Kier alpha value is -0.830. The summed E-state index contributed by atoms with van der Waals surface area (Å²) in [6.45, 7) is 5.19. The number of rotatable bonds is 3. The fourth-order valence-electron chi connectivity index (χ4n) is 1.55. The standard InChI is InChI=1S/C9H12O3/c1-5(2)8(10)12-4-9(11)6-3-7(6)9/h6-7,11H,1,3-4H2,2H3. The highest BCUT2D eigenvalue weighted by molar-refractivity contribution is 5.87. The van der Waals surface area contributed by atoms with Crippen molar-refractivity contribution in [2.75, 3.05) is 6.61 Å². The quantitative estimate of drug-likeness (QED) is 0.492. The second-order valence-corrected chi connectivity index (χ2v) is 3.80. The molecule has 66 valence electrons. The van der Waals surface area contributed by atoms with Crippen LogP contribution < -0.4 is 0 Å². The van der Waals surface area contributed by atoms with Crippen LogP contribution in [0.3, 0.4) is 0 Å². The highest BCUT2D eigenvalue weighted by atomic mass is 16.5. The molecule has 3 heteroatoms. The van der Waals surface area contributed by atoms with Gasteiger partial charge in [0.25, 0.3) is 0 Å². The van der Waals surface area contributed by atoms with Gasteiger partial charge < -0.3 is 9.84 Å². The Morgan fingerprint density at radius 2 is 2.33 bits per heavy atom. The predicted molar refractivity (Wildman–Crippen MR) is 42.3 cm³/mol. The highest BCUT2D eigenvalue weighted by Crippen LogP contribution is 2.71. The first kappa shape index (κ1) is 7.80. The molecule has 0 saturated heterocycles. The third kappa shape index (κ3) is 0.966. The van der Waals surface area contributed by atoms with Gasteiger partial charge >= 0.3 is 5.97 Å². The molecule has 0 heterocycles. The lowest BCUT2D eigenvalue weighted by atomic mass is 10.1. The van der Waals surface area contributed by atoms with Crippen molar-refractivity contribution in [1.82, 2.24) is 0 Å². The number of hydrogen-bond acceptors (Lipinski definition) is 3. The van der Waals surface area contributed by atoms with Crippen molar-refractivity contribution in [3.05, 3.63) is 12.2 Å². The van der Waals surface area contributed by atoms with Gasteiger partial charge in [0.15, 0.2) is 0 Å². The van der Waals surface area contributed by atoms with Gasteiger partial charge in [-0.1, -0.05) is 6.58 Å². The fourth-order valence-corrected chi connectivity index (χ4v) is 1.55. The number of hydrogen-bond donors (Lipinski definition) is 1. The number of fused-ring (bicyclic) bond motifs is 1. The molecule has 12 heavy (non-hydrogen) atoms. The van der Waals surface area contributed by atoms with Gasteiger partial charge in [0.2, 0.25) is 0 Å². The zero-order chi connectivity index (χ0) is 8.93. The Bertz CT molecular complexity index is 248. The Morgan fingerprint density at radius 1 is 1.75 bits per heavy atom. The van der Waals surface area contributed by atoms with Gasteiger partial charge in [-0.15, -0.1) is 0 Å². The molecule has 0 aromatic rings. The summed E-state index contributed by atoms with van der Waals surface area (Å²) in [5.74, 6) is 0.417. The molecule has 0 aromatic carbocycles. The highest BCUT2D eigenvalue weighted by Gasteiger charge is 2.77. The molecular formula is C9H12O3. The van der Waals surface area contributed by atoms with Crippen LogP contribution in [-0.2, 0) is 9.53 Å². The normalized spacial score (nSPS) is 41.5. The molecule has 2 atom stereocenters. The third-order valence-corrected chi connectivity index (χ3v) is 2.75. The lowest BCUT2D eigenvalue weighted by Crippen LogP contribution is -2.27. The summed E-state index contributed by atoms with van der Waals surface area (Å²) in [6.07, 6.45) is 1.10. The minimum atomic E-state index is -0.662. The number of aliphatic hydroxyl groups is 1. The maximum Gasteiger partial charge on any atom is 0.333 e. The zero-order valence-electron chi connectivity index (χ0n) is 7.04. The van der Waals surface area contributed by atoms with Crippen LogP contribution in [0.1, 0.15) is 13.3 Å². The Kier molecular flexibility index (Phi) is 1.37. The van der Waals surface area contributed by atoms with Crippen LogP contribution in [0.4, 0.5) is 0 Å². The lowest BCUT2D eigenvalue weighted by molar-refractivity contribution is -0.144. The molecular weight excluding hydrogens is 156 g/mol. The van der Waals surface area contributed by atoms with E-state index in [0.717, 1.165) is 6.42 Å². The van der Waals surface area contributed by atoms with Crippen LogP contribution in [0.25, 0.3) is 0 Å². The Labute approximate surface area is 71.0 Å². The molecule has 1 N–H and O–H groups in total. The molecule has 0 bridgehead atoms. The summed E-state index contributed by atoms with van der Waals surface area (Å²) in [5.41, 5.74) is -0.279. The van der Waals surface area contributed by atoms with Gasteiger partial charge in [-0.05, 0) is 25.2 Å². The molecule has 0 aliphatic heterocycles. The van der Waals surface area contributed by atoms with Crippen LogP contribution in [0, 0.1) is 11.8 Å². The van der Waals surface area contributed by atoms with Crippen LogP contribution in [0.15, 0.2) is 12.2 Å². The van der Waals surface area contributed by atoms with Gasteiger partial charge in [0, 0.05) is 5.57 Å². The van der Waals surface area contributed by atoms with Crippen LogP contribution in [-0.4, -0.2) is 23.3 Å².